The molecule has 0 aliphatic rings. The van der Waals surface area contributed by atoms with E-state index >= 15 is 0 Å². The molecule has 5 nitrogen and oxygen atoms in total. The minimum Gasteiger partial charge on any atom is -0.493 e. The molecule has 0 saturated heterocycles. The van der Waals surface area contributed by atoms with E-state index in [2.05, 4.69) is 15.5 Å². The summed E-state index contributed by atoms with van der Waals surface area (Å²) < 4.78 is 11.0. The van der Waals surface area contributed by atoms with Crippen LogP contribution in [0.3, 0.4) is 0 Å². The second kappa shape index (κ2) is 6.91. The molecule has 6 heteroatoms. The molecule has 1 aromatic carbocycles. The maximum Gasteiger partial charge on any atom is 0.203 e. The SMILES string of the molecule is COc1cc(/C=N\Nc2nccs2)ccc1OC(C)C. The number of rotatable bonds is 6. The van der Waals surface area contributed by atoms with E-state index in [9.17, 15) is 0 Å². The van der Waals surface area contributed by atoms with E-state index in [4.69, 9.17) is 9.47 Å². The van der Waals surface area contributed by atoms with Crippen molar-refractivity contribution in [1.82, 2.24) is 4.98 Å². The number of ether oxygens (including phenoxy) is 2. The van der Waals surface area contributed by atoms with Gasteiger partial charge in [-0.15, -0.1) is 11.3 Å². The first-order valence-corrected chi connectivity index (χ1v) is 7.10. The predicted octanol–water partition coefficient (Wildman–Crippen LogP) is 3.38. The summed E-state index contributed by atoms with van der Waals surface area (Å²) in [5.74, 6) is 1.42. The van der Waals surface area contributed by atoms with Gasteiger partial charge in [0.1, 0.15) is 0 Å². The highest BCUT2D eigenvalue weighted by atomic mass is 32.1. The second-order valence-corrected chi connectivity index (χ2v) is 5.18. The Labute approximate surface area is 122 Å². The highest BCUT2D eigenvalue weighted by Crippen LogP contribution is 2.28. The summed E-state index contributed by atoms with van der Waals surface area (Å²) in [6, 6.07) is 5.68. The van der Waals surface area contributed by atoms with Crippen molar-refractivity contribution in [3.63, 3.8) is 0 Å². The van der Waals surface area contributed by atoms with Crippen molar-refractivity contribution in [3.05, 3.63) is 35.3 Å². The quantitative estimate of drug-likeness (QED) is 0.655. The number of thiazole rings is 1. The molecule has 2 rings (SSSR count). The molecule has 0 radical (unpaired) electrons. The van der Waals surface area contributed by atoms with E-state index in [1.54, 1.807) is 19.5 Å². The van der Waals surface area contributed by atoms with Crippen molar-refractivity contribution >= 4 is 22.7 Å². The van der Waals surface area contributed by atoms with Gasteiger partial charge in [-0.3, -0.25) is 5.43 Å². The summed E-state index contributed by atoms with van der Waals surface area (Å²) in [7, 11) is 1.62. The first-order valence-electron chi connectivity index (χ1n) is 6.22. The van der Waals surface area contributed by atoms with Crippen molar-refractivity contribution in [2.75, 3.05) is 12.5 Å². The van der Waals surface area contributed by atoms with Crippen LogP contribution in [-0.2, 0) is 0 Å². The topological polar surface area (TPSA) is 55.7 Å². The van der Waals surface area contributed by atoms with Crippen LogP contribution in [0.2, 0.25) is 0 Å². The third kappa shape index (κ3) is 3.96. The van der Waals surface area contributed by atoms with E-state index in [1.807, 2.05) is 37.4 Å². The molecular formula is C14H17N3O2S. The molecule has 0 saturated carbocycles. The number of anilines is 1. The number of methoxy groups -OCH3 is 1. The average Bonchev–Trinajstić information content (AvgIpc) is 2.93. The molecule has 2 aromatic rings. The zero-order chi connectivity index (χ0) is 14.4. The molecule has 0 aliphatic heterocycles. The van der Waals surface area contributed by atoms with Crippen molar-refractivity contribution < 1.29 is 9.47 Å². The van der Waals surface area contributed by atoms with Gasteiger partial charge in [0.05, 0.1) is 19.4 Å². The molecule has 0 atom stereocenters. The number of nitrogens with zero attached hydrogens (tertiary/aromatic N) is 2. The fourth-order valence-electron chi connectivity index (χ4n) is 1.56. The summed E-state index contributed by atoms with van der Waals surface area (Å²) >= 11 is 1.49. The first kappa shape index (κ1) is 14.3. The molecule has 0 bridgehead atoms. The van der Waals surface area contributed by atoms with E-state index in [0.717, 1.165) is 16.4 Å². The Morgan fingerprint density at radius 2 is 2.20 bits per heavy atom. The number of aromatic nitrogens is 1. The zero-order valence-electron chi connectivity index (χ0n) is 11.7. The van der Waals surface area contributed by atoms with Crippen LogP contribution in [-0.4, -0.2) is 24.4 Å². The second-order valence-electron chi connectivity index (χ2n) is 4.28. The van der Waals surface area contributed by atoms with Crippen LogP contribution in [0.1, 0.15) is 19.4 Å². The van der Waals surface area contributed by atoms with Gasteiger partial charge in [0, 0.05) is 11.6 Å². The van der Waals surface area contributed by atoms with Crippen molar-refractivity contribution in [2.45, 2.75) is 20.0 Å². The lowest BCUT2D eigenvalue weighted by Gasteiger charge is -2.13. The van der Waals surface area contributed by atoms with Crippen LogP contribution < -0.4 is 14.9 Å². The van der Waals surface area contributed by atoms with Crippen molar-refractivity contribution in [3.8, 4) is 11.5 Å². The van der Waals surface area contributed by atoms with Crippen LogP contribution in [0.5, 0.6) is 11.5 Å². The maximum absolute atomic E-state index is 5.66. The number of nitrogens with one attached hydrogen (secondary N) is 1. The zero-order valence-corrected chi connectivity index (χ0v) is 12.5. The summed E-state index contributed by atoms with van der Waals surface area (Å²) in [6.45, 7) is 3.96. The van der Waals surface area contributed by atoms with Crippen LogP contribution in [0.25, 0.3) is 0 Å². The fraction of sp³-hybridized carbons (Fsp3) is 0.286. The van der Waals surface area contributed by atoms with Gasteiger partial charge in [0.2, 0.25) is 5.13 Å². The van der Waals surface area contributed by atoms with Gasteiger partial charge in [-0.2, -0.15) is 5.10 Å². The molecule has 20 heavy (non-hydrogen) atoms. The molecule has 0 fully saturated rings. The highest BCUT2D eigenvalue weighted by molar-refractivity contribution is 7.13. The third-order valence-electron chi connectivity index (χ3n) is 2.36. The van der Waals surface area contributed by atoms with Crippen LogP contribution >= 0.6 is 11.3 Å². The molecule has 0 aliphatic carbocycles. The Morgan fingerprint density at radius 1 is 1.35 bits per heavy atom. The van der Waals surface area contributed by atoms with Gasteiger partial charge in [0.25, 0.3) is 0 Å². The van der Waals surface area contributed by atoms with Gasteiger partial charge in [0.15, 0.2) is 11.5 Å². The standard InChI is InChI=1S/C14H17N3O2S/c1-10(2)19-12-5-4-11(8-13(12)18-3)9-16-17-14-15-6-7-20-14/h4-10H,1-3H3,(H,15,17)/b16-9-. The molecule has 1 aromatic heterocycles. The summed E-state index contributed by atoms with van der Waals surface area (Å²) in [4.78, 5) is 4.08. The van der Waals surface area contributed by atoms with Crippen molar-refractivity contribution in [2.24, 2.45) is 5.10 Å². The van der Waals surface area contributed by atoms with E-state index in [-0.39, 0.29) is 6.10 Å². The fourth-order valence-corrected chi connectivity index (χ4v) is 2.03. The number of hydrogen-bond acceptors (Lipinski definition) is 6. The Bertz CT molecular complexity index is 568. The first-order chi connectivity index (χ1) is 9.69. The third-order valence-corrected chi connectivity index (χ3v) is 3.03. The van der Waals surface area contributed by atoms with Crippen LogP contribution in [0.4, 0.5) is 5.13 Å². The van der Waals surface area contributed by atoms with Gasteiger partial charge in [-0.05, 0) is 37.6 Å². The lowest BCUT2D eigenvalue weighted by Crippen LogP contribution is -2.06. The molecule has 0 unspecified atom stereocenters. The lowest BCUT2D eigenvalue weighted by atomic mass is 10.2. The average molecular weight is 291 g/mol. The van der Waals surface area contributed by atoms with Crippen LogP contribution in [0.15, 0.2) is 34.9 Å². The Morgan fingerprint density at radius 3 is 2.85 bits per heavy atom. The Kier molecular flexibility index (Phi) is 4.95. The Hall–Kier alpha value is -2.08. The molecule has 0 spiro atoms. The van der Waals surface area contributed by atoms with Crippen molar-refractivity contribution in [1.29, 1.82) is 0 Å². The summed E-state index contributed by atoms with van der Waals surface area (Å²) in [5.41, 5.74) is 3.78. The monoisotopic (exact) mass is 291 g/mol. The highest BCUT2D eigenvalue weighted by Gasteiger charge is 2.06. The largest absolute Gasteiger partial charge is 0.493 e. The normalized spacial score (nSPS) is 11.0. The number of hydrogen-bond donors (Lipinski definition) is 1. The van der Waals surface area contributed by atoms with Gasteiger partial charge < -0.3 is 9.47 Å². The van der Waals surface area contributed by atoms with Gasteiger partial charge in [-0.25, -0.2) is 4.98 Å². The minimum absolute atomic E-state index is 0.106. The van der Waals surface area contributed by atoms with Crippen LogP contribution in [0, 0.1) is 0 Å². The number of hydrazone groups is 1. The van der Waals surface area contributed by atoms with Gasteiger partial charge >= 0.3 is 0 Å². The maximum atomic E-state index is 5.66. The molecule has 1 N–H and O–H groups in total. The minimum atomic E-state index is 0.106. The summed E-state index contributed by atoms with van der Waals surface area (Å²) in [5, 5.41) is 6.77. The van der Waals surface area contributed by atoms with Gasteiger partial charge in [-0.1, -0.05) is 0 Å². The molecule has 1 heterocycles. The summed E-state index contributed by atoms with van der Waals surface area (Å²) in [6.07, 6.45) is 3.54. The predicted molar refractivity (Wildman–Crippen MR) is 82.1 cm³/mol. The molecule has 0 amide bonds. The number of benzene rings is 1. The lowest BCUT2D eigenvalue weighted by molar-refractivity contribution is 0.230. The molecular weight excluding hydrogens is 274 g/mol. The molecule has 106 valence electrons. The van der Waals surface area contributed by atoms with E-state index in [0.29, 0.717) is 5.75 Å². The van der Waals surface area contributed by atoms with E-state index < -0.39 is 0 Å². The van der Waals surface area contributed by atoms with E-state index in [1.165, 1.54) is 11.3 Å². The smallest absolute Gasteiger partial charge is 0.203 e. The Balaban J connectivity index is 2.07.